The molecular weight excluding hydrogens is 250 g/mol. The number of benzene rings is 1. The molecule has 1 aromatic carbocycles. The second-order valence-electron chi connectivity index (χ2n) is 5.08. The molecule has 0 fully saturated rings. The highest BCUT2D eigenvalue weighted by molar-refractivity contribution is 5.81. The minimum Gasteiger partial charge on any atom is -0.376 e. The van der Waals surface area contributed by atoms with Gasteiger partial charge in [0.05, 0.1) is 6.54 Å². The summed E-state index contributed by atoms with van der Waals surface area (Å²) in [5.74, 6) is 0.318. The van der Waals surface area contributed by atoms with Crippen molar-refractivity contribution in [1.82, 2.24) is 5.43 Å². The number of rotatable bonds is 5. The highest BCUT2D eigenvalue weighted by Crippen LogP contribution is 2.15. The molecule has 4 nitrogen and oxygen atoms in total. The maximum atomic E-state index is 11.6. The summed E-state index contributed by atoms with van der Waals surface area (Å²) in [6.45, 7) is 2.26. The zero-order chi connectivity index (χ0) is 14.2. The molecule has 106 valence electrons. The quantitative estimate of drug-likeness (QED) is 0.491. The number of hydrogen-bond acceptors (Lipinski definition) is 3. The molecule has 1 atom stereocenters. The molecule has 1 aliphatic rings. The second-order valence-corrected chi connectivity index (χ2v) is 5.08. The highest BCUT2D eigenvalue weighted by Gasteiger charge is 2.06. The van der Waals surface area contributed by atoms with Crippen LogP contribution in [0.15, 0.2) is 41.5 Å². The van der Waals surface area contributed by atoms with Gasteiger partial charge in [-0.15, -0.1) is 0 Å². The topological polar surface area (TPSA) is 53.5 Å². The van der Waals surface area contributed by atoms with Crippen LogP contribution in [0.2, 0.25) is 0 Å². The molecule has 0 spiro atoms. The standard InChI is InChI=1S/C16H21N3O/c1-13-7-9-15(10-8-13)17-12-16(20)19-18-11-14-5-3-2-4-6-14/h2-3,7-11,14,17H,4-6,12H2,1H3,(H,19,20)/b18-11-/t14-/m1/s1. The van der Waals surface area contributed by atoms with E-state index in [9.17, 15) is 4.79 Å². The van der Waals surface area contributed by atoms with Crippen LogP contribution in [0.1, 0.15) is 24.8 Å². The summed E-state index contributed by atoms with van der Waals surface area (Å²) in [6, 6.07) is 7.93. The van der Waals surface area contributed by atoms with Gasteiger partial charge < -0.3 is 5.32 Å². The van der Waals surface area contributed by atoms with Crippen LogP contribution in [0.5, 0.6) is 0 Å². The van der Waals surface area contributed by atoms with E-state index < -0.39 is 0 Å². The van der Waals surface area contributed by atoms with E-state index in [-0.39, 0.29) is 12.5 Å². The fourth-order valence-electron chi connectivity index (χ4n) is 2.06. The van der Waals surface area contributed by atoms with Gasteiger partial charge in [-0.1, -0.05) is 29.8 Å². The van der Waals surface area contributed by atoms with Gasteiger partial charge in [0.1, 0.15) is 0 Å². The summed E-state index contributed by atoms with van der Waals surface area (Å²) in [7, 11) is 0. The van der Waals surface area contributed by atoms with Gasteiger partial charge in [0.2, 0.25) is 0 Å². The van der Waals surface area contributed by atoms with Crippen molar-refractivity contribution in [3.05, 3.63) is 42.0 Å². The van der Waals surface area contributed by atoms with E-state index in [1.807, 2.05) is 37.4 Å². The summed E-state index contributed by atoms with van der Waals surface area (Å²) < 4.78 is 0. The Kier molecular flexibility index (Phi) is 5.35. The predicted molar refractivity (Wildman–Crippen MR) is 82.8 cm³/mol. The first kappa shape index (κ1) is 14.3. The Bertz CT molecular complexity index is 491. The molecule has 1 aliphatic carbocycles. The van der Waals surface area contributed by atoms with Gasteiger partial charge in [-0.2, -0.15) is 5.10 Å². The Balaban J connectivity index is 1.68. The largest absolute Gasteiger partial charge is 0.376 e. The van der Waals surface area contributed by atoms with E-state index in [0.717, 1.165) is 24.9 Å². The molecule has 4 heteroatoms. The van der Waals surface area contributed by atoms with E-state index in [2.05, 4.69) is 28.0 Å². The third-order valence-electron chi connectivity index (χ3n) is 3.29. The molecule has 0 aliphatic heterocycles. The smallest absolute Gasteiger partial charge is 0.259 e. The maximum Gasteiger partial charge on any atom is 0.259 e. The molecule has 0 radical (unpaired) electrons. The third-order valence-corrected chi connectivity index (χ3v) is 3.29. The van der Waals surface area contributed by atoms with Crippen LogP contribution in [-0.4, -0.2) is 18.7 Å². The Morgan fingerprint density at radius 1 is 1.35 bits per heavy atom. The lowest BCUT2D eigenvalue weighted by atomic mass is 9.96. The number of nitrogens with zero attached hydrogens (tertiary/aromatic N) is 1. The molecule has 2 N–H and O–H groups in total. The molecule has 0 saturated heterocycles. The lowest BCUT2D eigenvalue weighted by Crippen LogP contribution is -2.26. The summed E-state index contributed by atoms with van der Waals surface area (Å²) in [5.41, 5.74) is 4.69. The van der Waals surface area contributed by atoms with Gasteiger partial charge in [0.15, 0.2) is 0 Å². The van der Waals surface area contributed by atoms with Gasteiger partial charge in [0, 0.05) is 11.9 Å². The van der Waals surface area contributed by atoms with Crippen LogP contribution in [0, 0.1) is 12.8 Å². The van der Waals surface area contributed by atoms with E-state index in [4.69, 9.17) is 0 Å². The van der Waals surface area contributed by atoms with Gasteiger partial charge in [-0.05, 0) is 44.2 Å². The van der Waals surface area contributed by atoms with Crippen molar-refractivity contribution in [3.8, 4) is 0 Å². The number of aryl methyl sites for hydroxylation is 1. The number of anilines is 1. The molecule has 1 aromatic rings. The van der Waals surface area contributed by atoms with Crippen molar-refractivity contribution in [3.63, 3.8) is 0 Å². The Morgan fingerprint density at radius 3 is 2.85 bits per heavy atom. The molecule has 0 unspecified atom stereocenters. The predicted octanol–water partition coefficient (Wildman–Crippen LogP) is 2.87. The molecule has 0 heterocycles. The van der Waals surface area contributed by atoms with Crippen molar-refractivity contribution in [2.75, 3.05) is 11.9 Å². The first-order valence-electron chi connectivity index (χ1n) is 7.01. The van der Waals surface area contributed by atoms with Gasteiger partial charge in [0.25, 0.3) is 5.91 Å². The molecule has 1 amide bonds. The van der Waals surface area contributed by atoms with E-state index in [1.54, 1.807) is 0 Å². The molecule has 0 bridgehead atoms. The highest BCUT2D eigenvalue weighted by atomic mass is 16.2. The van der Waals surface area contributed by atoms with E-state index >= 15 is 0 Å². The summed E-state index contributed by atoms with van der Waals surface area (Å²) in [4.78, 5) is 11.6. The minimum absolute atomic E-state index is 0.131. The van der Waals surface area contributed by atoms with Crippen LogP contribution in [0.3, 0.4) is 0 Å². The second kappa shape index (κ2) is 7.48. The summed E-state index contributed by atoms with van der Waals surface area (Å²) >= 11 is 0. The van der Waals surface area contributed by atoms with Crippen LogP contribution in [0.25, 0.3) is 0 Å². The summed E-state index contributed by atoms with van der Waals surface area (Å²) in [5, 5.41) is 7.09. The molecule has 0 saturated carbocycles. The van der Waals surface area contributed by atoms with Crippen LogP contribution in [-0.2, 0) is 4.79 Å². The first-order chi connectivity index (χ1) is 9.74. The number of allylic oxidation sites excluding steroid dienone is 2. The number of carbonyl (C=O) groups is 1. The molecular formula is C16H21N3O. The zero-order valence-corrected chi connectivity index (χ0v) is 11.8. The zero-order valence-electron chi connectivity index (χ0n) is 11.8. The van der Waals surface area contributed by atoms with Crippen LogP contribution in [0.4, 0.5) is 5.69 Å². The molecule has 2 rings (SSSR count). The number of nitrogens with one attached hydrogen (secondary N) is 2. The number of amides is 1. The van der Waals surface area contributed by atoms with Crippen molar-refractivity contribution in [2.24, 2.45) is 11.0 Å². The van der Waals surface area contributed by atoms with E-state index in [1.165, 1.54) is 5.56 Å². The lowest BCUT2D eigenvalue weighted by Gasteiger charge is -2.11. The van der Waals surface area contributed by atoms with Gasteiger partial charge >= 0.3 is 0 Å². The average Bonchev–Trinajstić information content (AvgIpc) is 2.48. The van der Waals surface area contributed by atoms with Crippen molar-refractivity contribution in [2.45, 2.75) is 26.2 Å². The number of carbonyl (C=O) groups excluding carboxylic acids is 1. The van der Waals surface area contributed by atoms with Crippen molar-refractivity contribution >= 4 is 17.8 Å². The van der Waals surface area contributed by atoms with Gasteiger partial charge in [-0.25, -0.2) is 5.43 Å². The van der Waals surface area contributed by atoms with Crippen LogP contribution < -0.4 is 10.7 Å². The Hall–Kier alpha value is -2.10. The normalized spacial score (nSPS) is 18.1. The average molecular weight is 271 g/mol. The third kappa shape index (κ3) is 4.88. The van der Waals surface area contributed by atoms with Crippen molar-refractivity contribution < 1.29 is 4.79 Å². The SMILES string of the molecule is Cc1ccc(NCC(=O)N/N=C\[C@@H]2CC=CCC2)cc1. The fraction of sp³-hybridized carbons (Fsp3) is 0.375. The number of hydrogen-bond donors (Lipinski definition) is 2. The monoisotopic (exact) mass is 271 g/mol. The van der Waals surface area contributed by atoms with Crippen molar-refractivity contribution in [1.29, 1.82) is 0 Å². The summed E-state index contributed by atoms with van der Waals surface area (Å²) in [6.07, 6.45) is 9.42. The fourth-order valence-corrected chi connectivity index (χ4v) is 2.06. The van der Waals surface area contributed by atoms with E-state index in [0.29, 0.717) is 5.92 Å². The molecule has 20 heavy (non-hydrogen) atoms. The Morgan fingerprint density at radius 2 is 2.15 bits per heavy atom. The lowest BCUT2D eigenvalue weighted by molar-refractivity contribution is -0.119. The Labute approximate surface area is 120 Å². The van der Waals surface area contributed by atoms with Gasteiger partial charge in [-0.3, -0.25) is 4.79 Å². The van der Waals surface area contributed by atoms with Crippen LogP contribution >= 0.6 is 0 Å². The maximum absolute atomic E-state index is 11.6. The molecule has 0 aromatic heterocycles. The first-order valence-corrected chi connectivity index (χ1v) is 7.01. The minimum atomic E-state index is -0.131. The number of hydrazone groups is 1.